The number of carboxylic acids is 1. The van der Waals surface area contributed by atoms with E-state index in [0.29, 0.717) is 31.8 Å². The van der Waals surface area contributed by atoms with Gasteiger partial charge in [-0.25, -0.2) is 0 Å². The van der Waals surface area contributed by atoms with E-state index in [-0.39, 0.29) is 17.7 Å². The summed E-state index contributed by atoms with van der Waals surface area (Å²) in [5.41, 5.74) is 0.679. The van der Waals surface area contributed by atoms with Crippen molar-refractivity contribution in [2.24, 2.45) is 11.8 Å². The standard InChI is InChI=1S/C17H28N2O4/c1-5-7-14-8-16(17(21)22)19(10-14)9-12(3)15(11-23-6-2)18-13(4)20/h5,7,11-12,14,16H,6,8-10H2,1-4H3,(H,18,20)(H,21,22)/b7-5-,15-11-. The maximum absolute atomic E-state index is 11.5. The lowest BCUT2D eigenvalue weighted by Crippen LogP contribution is -2.40. The number of hydrogen-bond acceptors (Lipinski definition) is 4. The molecule has 130 valence electrons. The van der Waals surface area contributed by atoms with Gasteiger partial charge >= 0.3 is 5.97 Å². The van der Waals surface area contributed by atoms with Gasteiger partial charge in [0.25, 0.3) is 0 Å². The molecule has 3 atom stereocenters. The average Bonchev–Trinajstić information content (AvgIpc) is 2.86. The van der Waals surface area contributed by atoms with Gasteiger partial charge in [-0.15, -0.1) is 0 Å². The highest BCUT2D eigenvalue weighted by molar-refractivity contribution is 5.75. The first-order chi connectivity index (χ1) is 10.9. The SMILES string of the molecule is C/C=C\C1CC(C(=O)O)N(CC(C)/C(=C/OCC)NC(C)=O)C1. The molecule has 0 radical (unpaired) electrons. The molecule has 6 nitrogen and oxygen atoms in total. The Bertz CT molecular complexity index is 473. The summed E-state index contributed by atoms with van der Waals surface area (Å²) in [6.45, 7) is 9.02. The third-order valence-corrected chi connectivity index (χ3v) is 3.92. The second kappa shape index (κ2) is 9.35. The van der Waals surface area contributed by atoms with Crippen LogP contribution in [0.1, 0.15) is 34.1 Å². The molecule has 0 saturated carbocycles. The fraction of sp³-hybridized carbons (Fsp3) is 0.647. The number of carbonyl (C=O) groups is 2. The molecule has 2 N–H and O–H groups in total. The third-order valence-electron chi connectivity index (χ3n) is 3.92. The second-order valence-corrected chi connectivity index (χ2v) is 5.94. The Kier molecular flexibility index (Phi) is 7.81. The molecule has 1 amide bonds. The number of carboxylic acid groups (broad SMARTS) is 1. The van der Waals surface area contributed by atoms with Crippen molar-refractivity contribution < 1.29 is 19.4 Å². The Morgan fingerprint density at radius 1 is 1.48 bits per heavy atom. The number of carbonyl (C=O) groups excluding carboxylic acids is 1. The summed E-state index contributed by atoms with van der Waals surface area (Å²) in [6.07, 6.45) is 6.21. The van der Waals surface area contributed by atoms with Crippen LogP contribution in [0, 0.1) is 11.8 Å². The summed E-state index contributed by atoms with van der Waals surface area (Å²) in [4.78, 5) is 24.8. The second-order valence-electron chi connectivity index (χ2n) is 5.94. The molecule has 0 aromatic carbocycles. The normalized spacial score (nSPS) is 23.9. The molecule has 1 aliphatic rings. The molecular formula is C17H28N2O4. The lowest BCUT2D eigenvalue weighted by Gasteiger charge is -2.26. The van der Waals surface area contributed by atoms with Gasteiger partial charge in [-0.2, -0.15) is 0 Å². The van der Waals surface area contributed by atoms with Gasteiger partial charge in [-0.05, 0) is 26.2 Å². The molecule has 3 unspecified atom stereocenters. The Labute approximate surface area is 138 Å². The van der Waals surface area contributed by atoms with E-state index < -0.39 is 12.0 Å². The molecule has 1 heterocycles. The van der Waals surface area contributed by atoms with E-state index in [4.69, 9.17) is 4.74 Å². The van der Waals surface area contributed by atoms with E-state index in [1.54, 1.807) is 6.26 Å². The molecule has 0 bridgehead atoms. The fourth-order valence-corrected chi connectivity index (χ4v) is 2.90. The van der Waals surface area contributed by atoms with Crippen LogP contribution in [0.15, 0.2) is 24.1 Å². The zero-order valence-corrected chi connectivity index (χ0v) is 14.4. The minimum atomic E-state index is -0.793. The van der Waals surface area contributed by atoms with Crippen molar-refractivity contribution in [3.8, 4) is 0 Å². The van der Waals surface area contributed by atoms with Crippen LogP contribution in [0.2, 0.25) is 0 Å². The number of amides is 1. The highest BCUT2D eigenvalue weighted by atomic mass is 16.5. The smallest absolute Gasteiger partial charge is 0.320 e. The van der Waals surface area contributed by atoms with Crippen molar-refractivity contribution in [3.63, 3.8) is 0 Å². The zero-order valence-electron chi connectivity index (χ0n) is 14.4. The van der Waals surface area contributed by atoms with Crippen LogP contribution < -0.4 is 5.32 Å². The molecule has 1 aliphatic heterocycles. The van der Waals surface area contributed by atoms with Crippen molar-refractivity contribution in [2.75, 3.05) is 19.7 Å². The van der Waals surface area contributed by atoms with Crippen LogP contribution in [-0.4, -0.2) is 47.6 Å². The first-order valence-corrected chi connectivity index (χ1v) is 8.07. The Morgan fingerprint density at radius 2 is 2.17 bits per heavy atom. The number of allylic oxidation sites excluding steroid dienone is 1. The first-order valence-electron chi connectivity index (χ1n) is 8.07. The summed E-state index contributed by atoms with van der Waals surface area (Å²) >= 11 is 0. The summed E-state index contributed by atoms with van der Waals surface area (Å²) in [5, 5.41) is 12.2. The largest absolute Gasteiger partial charge is 0.500 e. The minimum absolute atomic E-state index is 0.0309. The molecule has 0 aliphatic carbocycles. The van der Waals surface area contributed by atoms with Gasteiger partial charge in [0.2, 0.25) is 5.91 Å². The molecule has 6 heteroatoms. The van der Waals surface area contributed by atoms with Crippen molar-refractivity contribution >= 4 is 11.9 Å². The molecule has 0 spiro atoms. The van der Waals surface area contributed by atoms with E-state index in [1.807, 2.05) is 31.7 Å². The van der Waals surface area contributed by atoms with Gasteiger partial charge in [0.05, 0.1) is 12.3 Å². The Balaban J connectivity index is 2.80. The van der Waals surface area contributed by atoms with Crippen LogP contribution in [0.3, 0.4) is 0 Å². The summed E-state index contributed by atoms with van der Waals surface area (Å²) in [6, 6.07) is -0.482. The summed E-state index contributed by atoms with van der Waals surface area (Å²) in [5.74, 6) is -0.727. The molecule has 1 rings (SSSR count). The number of likely N-dealkylation sites (tertiary alicyclic amines) is 1. The molecule has 23 heavy (non-hydrogen) atoms. The number of rotatable bonds is 8. The van der Waals surface area contributed by atoms with Crippen molar-refractivity contribution in [3.05, 3.63) is 24.1 Å². The maximum atomic E-state index is 11.5. The number of nitrogens with one attached hydrogen (secondary N) is 1. The lowest BCUT2D eigenvalue weighted by atomic mass is 10.1. The predicted octanol–water partition coefficient (Wildman–Crippen LogP) is 1.99. The van der Waals surface area contributed by atoms with Gasteiger partial charge in [-0.1, -0.05) is 19.1 Å². The maximum Gasteiger partial charge on any atom is 0.320 e. The van der Waals surface area contributed by atoms with E-state index in [1.165, 1.54) is 6.92 Å². The fourth-order valence-electron chi connectivity index (χ4n) is 2.90. The highest BCUT2D eigenvalue weighted by Crippen LogP contribution is 2.26. The van der Waals surface area contributed by atoms with Crippen molar-refractivity contribution in [1.82, 2.24) is 10.2 Å². The van der Waals surface area contributed by atoms with Crippen LogP contribution in [0.4, 0.5) is 0 Å². The highest BCUT2D eigenvalue weighted by Gasteiger charge is 2.36. The van der Waals surface area contributed by atoms with E-state index in [2.05, 4.69) is 11.4 Å². The van der Waals surface area contributed by atoms with Gasteiger partial charge in [0.1, 0.15) is 12.3 Å². The third kappa shape index (κ3) is 6.06. The van der Waals surface area contributed by atoms with Crippen LogP contribution >= 0.6 is 0 Å². The molecule has 1 saturated heterocycles. The molecule has 0 aromatic heterocycles. The van der Waals surface area contributed by atoms with Gasteiger partial charge in [0, 0.05) is 25.9 Å². The lowest BCUT2D eigenvalue weighted by molar-refractivity contribution is -0.142. The Hall–Kier alpha value is -1.82. The molecule has 0 aromatic rings. The molecular weight excluding hydrogens is 296 g/mol. The van der Waals surface area contributed by atoms with Crippen LogP contribution in [-0.2, 0) is 14.3 Å². The van der Waals surface area contributed by atoms with Gasteiger partial charge < -0.3 is 15.2 Å². The van der Waals surface area contributed by atoms with Gasteiger partial charge in [0.15, 0.2) is 0 Å². The monoisotopic (exact) mass is 324 g/mol. The van der Waals surface area contributed by atoms with Crippen molar-refractivity contribution in [2.45, 2.75) is 40.2 Å². The van der Waals surface area contributed by atoms with Crippen molar-refractivity contribution in [1.29, 1.82) is 0 Å². The Morgan fingerprint density at radius 3 is 2.70 bits per heavy atom. The molecule has 1 fully saturated rings. The summed E-state index contributed by atoms with van der Waals surface area (Å²) < 4.78 is 5.29. The topological polar surface area (TPSA) is 78.9 Å². The first kappa shape index (κ1) is 19.2. The number of hydrogen-bond donors (Lipinski definition) is 2. The van der Waals surface area contributed by atoms with Gasteiger partial charge in [-0.3, -0.25) is 14.5 Å². The van der Waals surface area contributed by atoms with Crippen LogP contribution in [0.25, 0.3) is 0 Å². The number of nitrogens with zero attached hydrogens (tertiary/aromatic N) is 1. The minimum Gasteiger partial charge on any atom is -0.500 e. The average molecular weight is 324 g/mol. The quantitative estimate of drug-likeness (QED) is 0.527. The van der Waals surface area contributed by atoms with E-state index >= 15 is 0 Å². The van der Waals surface area contributed by atoms with Crippen LogP contribution in [0.5, 0.6) is 0 Å². The number of aliphatic carboxylic acids is 1. The zero-order chi connectivity index (χ0) is 17.4. The number of ether oxygens (including phenoxy) is 1. The van der Waals surface area contributed by atoms with E-state index in [0.717, 1.165) is 0 Å². The predicted molar refractivity (Wildman–Crippen MR) is 88.6 cm³/mol. The van der Waals surface area contributed by atoms with E-state index in [9.17, 15) is 14.7 Å². The summed E-state index contributed by atoms with van der Waals surface area (Å²) in [7, 11) is 0.